The molecule has 0 amide bonds. The van der Waals surface area contributed by atoms with E-state index in [0.29, 0.717) is 12.0 Å². The summed E-state index contributed by atoms with van der Waals surface area (Å²) < 4.78 is 10.5. The van der Waals surface area contributed by atoms with Crippen LogP contribution in [0.3, 0.4) is 0 Å². The first-order valence-corrected chi connectivity index (χ1v) is 5.76. The van der Waals surface area contributed by atoms with Gasteiger partial charge in [-0.05, 0) is 31.6 Å². The number of carbonyl (C=O) groups is 2. The lowest BCUT2D eigenvalue weighted by atomic mass is 10.0. The Hall–Kier alpha value is -2.10. The number of aryl methyl sites for hydroxylation is 1. The normalized spacial score (nSPS) is 17.2. The maximum atomic E-state index is 11.7. The van der Waals surface area contributed by atoms with Gasteiger partial charge < -0.3 is 9.47 Å². The molecular weight excluding hydrogens is 232 g/mol. The van der Waals surface area contributed by atoms with Crippen LogP contribution in [0, 0.1) is 6.92 Å². The summed E-state index contributed by atoms with van der Waals surface area (Å²) in [7, 11) is 0. The number of hydrogen-bond acceptors (Lipinski definition) is 4. The van der Waals surface area contributed by atoms with Gasteiger partial charge in [0.15, 0.2) is 0 Å². The highest BCUT2D eigenvalue weighted by atomic mass is 16.6. The van der Waals surface area contributed by atoms with Crippen molar-refractivity contribution in [1.82, 2.24) is 0 Å². The van der Waals surface area contributed by atoms with E-state index in [1.807, 2.05) is 25.1 Å². The van der Waals surface area contributed by atoms with Crippen molar-refractivity contribution in [3.8, 4) is 5.75 Å². The van der Waals surface area contributed by atoms with E-state index in [1.54, 1.807) is 13.0 Å². The molecule has 1 atom stereocenters. The van der Waals surface area contributed by atoms with Crippen molar-refractivity contribution in [2.75, 3.05) is 6.61 Å². The van der Waals surface area contributed by atoms with Gasteiger partial charge in [0.05, 0.1) is 6.61 Å². The van der Waals surface area contributed by atoms with Crippen LogP contribution in [0.4, 0.5) is 0 Å². The van der Waals surface area contributed by atoms with Crippen molar-refractivity contribution >= 4 is 18.3 Å². The number of benzene rings is 1. The van der Waals surface area contributed by atoms with E-state index in [1.165, 1.54) is 0 Å². The van der Waals surface area contributed by atoms with Crippen LogP contribution in [0.5, 0.6) is 5.75 Å². The molecule has 1 heterocycles. The fraction of sp³-hybridized carbons (Fsp3) is 0.286. The molecule has 0 radical (unpaired) electrons. The Kier molecular flexibility index (Phi) is 3.46. The molecule has 0 unspecified atom stereocenters. The zero-order chi connectivity index (χ0) is 13.1. The number of ether oxygens (including phenoxy) is 2. The highest BCUT2D eigenvalue weighted by Gasteiger charge is 2.30. The molecule has 0 aromatic heterocycles. The van der Waals surface area contributed by atoms with Gasteiger partial charge in [-0.1, -0.05) is 12.1 Å². The van der Waals surface area contributed by atoms with E-state index in [-0.39, 0.29) is 12.2 Å². The molecule has 0 bridgehead atoms. The number of carbonyl (C=O) groups excluding carboxylic acids is 2. The quantitative estimate of drug-likeness (QED) is 0.603. The molecule has 0 N–H and O–H groups in total. The Balaban J connectivity index is 2.37. The van der Waals surface area contributed by atoms with Crippen LogP contribution in [0.25, 0.3) is 6.08 Å². The number of aldehydes is 1. The molecule has 0 saturated carbocycles. The second-order valence-corrected chi connectivity index (χ2v) is 4.05. The lowest BCUT2D eigenvalue weighted by Gasteiger charge is -2.23. The van der Waals surface area contributed by atoms with Crippen molar-refractivity contribution < 1.29 is 19.1 Å². The van der Waals surface area contributed by atoms with Gasteiger partial charge in [-0.15, -0.1) is 0 Å². The highest BCUT2D eigenvalue weighted by Crippen LogP contribution is 2.30. The molecule has 1 aliphatic rings. The van der Waals surface area contributed by atoms with Crippen molar-refractivity contribution in [2.24, 2.45) is 0 Å². The molecule has 0 spiro atoms. The van der Waals surface area contributed by atoms with Crippen LogP contribution in [0.1, 0.15) is 18.1 Å². The van der Waals surface area contributed by atoms with Crippen molar-refractivity contribution in [2.45, 2.75) is 20.0 Å². The van der Waals surface area contributed by atoms with Crippen molar-refractivity contribution in [3.05, 3.63) is 34.9 Å². The van der Waals surface area contributed by atoms with Crippen molar-refractivity contribution in [1.29, 1.82) is 0 Å². The minimum atomic E-state index is -0.961. The molecular formula is C14H14O4. The Morgan fingerprint density at radius 1 is 1.50 bits per heavy atom. The summed E-state index contributed by atoms with van der Waals surface area (Å²) in [5, 5.41) is 0. The largest absolute Gasteiger partial charge is 0.473 e. The highest BCUT2D eigenvalue weighted by molar-refractivity contribution is 5.95. The fourth-order valence-corrected chi connectivity index (χ4v) is 1.81. The number of rotatable bonds is 3. The summed E-state index contributed by atoms with van der Waals surface area (Å²) in [5.74, 6) is 0.0571. The third-order valence-electron chi connectivity index (χ3n) is 2.68. The average molecular weight is 246 g/mol. The van der Waals surface area contributed by atoms with Crippen LogP contribution >= 0.6 is 0 Å². The molecule has 0 aliphatic carbocycles. The second kappa shape index (κ2) is 5.04. The molecule has 18 heavy (non-hydrogen) atoms. The molecule has 1 aromatic rings. The first-order valence-electron chi connectivity index (χ1n) is 5.76. The minimum Gasteiger partial charge on any atom is -0.473 e. The summed E-state index contributed by atoms with van der Waals surface area (Å²) in [5.41, 5.74) is 2.10. The molecule has 1 aliphatic heterocycles. The maximum absolute atomic E-state index is 11.7. The van der Waals surface area contributed by atoms with E-state index in [4.69, 9.17) is 9.47 Å². The Morgan fingerprint density at radius 3 is 2.94 bits per heavy atom. The molecule has 0 saturated heterocycles. The third kappa shape index (κ3) is 2.27. The van der Waals surface area contributed by atoms with Crippen LogP contribution in [-0.2, 0) is 14.3 Å². The maximum Gasteiger partial charge on any atom is 0.352 e. The van der Waals surface area contributed by atoms with Crippen LogP contribution in [0.15, 0.2) is 23.8 Å². The van der Waals surface area contributed by atoms with E-state index >= 15 is 0 Å². The summed E-state index contributed by atoms with van der Waals surface area (Å²) in [6, 6.07) is 5.61. The van der Waals surface area contributed by atoms with Crippen LogP contribution in [-0.4, -0.2) is 25.0 Å². The number of hydrogen-bond donors (Lipinski definition) is 0. The zero-order valence-corrected chi connectivity index (χ0v) is 10.3. The van der Waals surface area contributed by atoms with Gasteiger partial charge in [-0.3, -0.25) is 4.79 Å². The standard InChI is InChI=1S/C14H14O4/c1-3-17-14(16)13-11(8-15)7-10-5-4-9(2)6-12(10)18-13/h4-8,13H,3H2,1-2H3/t13-/m0/s1. The van der Waals surface area contributed by atoms with Gasteiger partial charge in [-0.25, -0.2) is 4.79 Å². The molecule has 4 heteroatoms. The topological polar surface area (TPSA) is 52.6 Å². The van der Waals surface area contributed by atoms with E-state index in [0.717, 1.165) is 11.1 Å². The summed E-state index contributed by atoms with van der Waals surface area (Å²) >= 11 is 0. The Labute approximate surface area is 105 Å². The third-order valence-corrected chi connectivity index (χ3v) is 2.68. The minimum absolute atomic E-state index is 0.255. The number of esters is 1. The first kappa shape index (κ1) is 12.4. The van der Waals surface area contributed by atoms with E-state index in [2.05, 4.69) is 0 Å². The van der Waals surface area contributed by atoms with Crippen molar-refractivity contribution in [3.63, 3.8) is 0 Å². The van der Waals surface area contributed by atoms with Crippen LogP contribution < -0.4 is 4.74 Å². The second-order valence-electron chi connectivity index (χ2n) is 4.05. The lowest BCUT2D eigenvalue weighted by Crippen LogP contribution is -2.33. The zero-order valence-electron chi connectivity index (χ0n) is 10.3. The Morgan fingerprint density at radius 2 is 2.28 bits per heavy atom. The van der Waals surface area contributed by atoms with E-state index in [9.17, 15) is 9.59 Å². The van der Waals surface area contributed by atoms with Gasteiger partial charge in [0.25, 0.3) is 0 Å². The van der Waals surface area contributed by atoms with Gasteiger partial charge >= 0.3 is 5.97 Å². The molecule has 2 rings (SSSR count). The molecule has 94 valence electrons. The average Bonchev–Trinajstić information content (AvgIpc) is 2.37. The van der Waals surface area contributed by atoms with Gasteiger partial charge in [-0.2, -0.15) is 0 Å². The van der Waals surface area contributed by atoms with Gasteiger partial charge in [0.2, 0.25) is 6.10 Å². The smallest absolute Gasteiger partial charge is 0.352 e. The lowest BCUT2D eigenvalue weighted by molar-refractivity contribution is -0.150. The Bertz CT molecular complexity index is 517. The van der Waals surface area contributed by atoms with E-state index < -0.39 is 12.1 Å². The summed E-state index contributed by atoms with van der Waals surface area (Å²) in [4.78, 5) is 22.7. The number of fused-ring (bicyclic) bond motifs is 1. The predicted molar refractivity (Wildman–Crippen MR) is 66.3 cm³/mol. The van der Waals surface area contributed by atoms with Crippen LogP contribution in [0.2, 0.25) is 0 Å². The fourth-order valence-electron chi connectivity index (χ4n) is 1.81. The monoisotopic (exact) mass is 246 g/mol. The summed E-state index contributed by atoms with van der Waals surface area (Å²) in [6.07, 6.45) is 1.33. The molecule has 1 aromatic carbocycles. The molecule has 4 nitrogen and oxygen atoms in total. The predicted octanol–water partition coefficient (Wildman–Crippen LogP) is 1.90. The molecule has 0 fully saturated rings. The summed E-state index contributed by atoms with van der Waals surface area (Å²) in [6.45, 7) is 3.90. The van der Waals surface area contributed by atoms with Gasteiger partial charge in [0.1, 0.15) is 12.0 Å². The first-order chi connectivity index (χ1) is 8.65. The SMILES string of the molecule is CCOC(=O)[C@H]1Oc2cc(C)ccc2C=C1C=O. The van der Waals surface area contributed by atoms with Gasteiger partial charge in [0, 0.05) is 11.1 Å².